The SMILES string of the molecule is O=C(Oc1ccc(OC(=O)c2ccc(OCCCCCCCCC(F)(F)C(F)(F)C(F)(F)C(F)(F)F)cc2)c(COC(=O)C2CC3C=CC2C3)c1)c1ccc(OCCCCCCCCC(F)(F)C(F)(F)C(F)(F)C(F)(F)F)cc1. The van der Waals surface area contributed by atoms with E-state index in [1.165, 1.54) is 66.7 Å². The second kappa shape index (κ2) is 26.2. The van der Waals surface area contributed by atoms with Crippen molar-refractivity contribution in [3.05, 3.63) is 95.6 Å². The van der Waals surface area contributed by atoms with E-state index in [1.54, 1.807) is 0 Å². The number of hydrogen-bond acceptors (Lipinski definition) is 8. The maximum atomic E-state index is 13.7. The van der Waals surface area contributed by atoms with E-state index in [4.69, 9.17) is 23.7 Å². The number of alkyl halides is 18. The van der Waals surface area contributed by atoms with Gasteiger partial charge in [-0.3, -0.25) is 4.79 Å². The van der Waals surface area contributed by atoms with E-state index in [0.717, 1.165) is 6.42 Å². The van der Waals surface area contributed by atoms with Crippen molar-refractivity contribution in [2.24, 2.45) is 17.8 Å². The van der Waals surface area contributed by atoms with Gasteiger partial charge < -0.3 is 23.7 Å². The first-order chi connectivity index (χ1) is 36.7. The van der Waals surface area contributed by atoms with Crippen molar-refractivity contribution in [1.29, 1.82) is 0 Å². The molecule has 1 saturated carbocycles. The fraction of sp³-hybridized carbons (Fsp3) is 0.566. The molecule has 0 N–H and O–H groups in total. The Labute approximate surface area is 441 Å². The van der Waals surface area contributed by atoms with Gasteiger partial charge in [-0.1, -0.05) is 63.5 Å². The van der Waals surface area contributed by atoms with Crippen LogP contribution in [0.15, 0.2) is 78.9 Å². The Morgan fingerprint density at radius 2 is 0.848 bits per heavy atom. The molecule has 3 atom stereocenters. The number of halogens is 18. The average molecular weight is 1160 g/mol. The molecule has 2 aliphatic carbocycles. The van der Waals surface area contributed by atoms with Crippen molar-refractivity contribution >= 4 is 17.9 Å². The monoisotopic (exact) mass is 1160 g/mol. The number of benzene rings is 3. The average Bonchev–Trinajstić information content (AvgIpc) is 4.15. The topological polar surface area (TPSA) is 97.4 Å². The summed E-state index contributed by atoms with van der Waals surface area (Å²) in [4.78, 5) is 39.6. The van der Waals surface area contributed by atoms with E-state index < -0.39 is 91.5 Å². The molecule has 2 bridgehead atoms. The van der Waals surface area contributed by atoms with E-state index in [0.29, 0.717) is 56.4 Å². The molecule has 8 nitrogen and oxygen atoms in total. The second-order valence-corrected chi connectivity index (χ2v) is 19.2. The number of unbranched alkanes of at least 4 members (excludes halogenated alkanes) is 10. The van der Waals surface area contributed by atoms with Gasteiger partial charge in [-0.2, -0.15) is 79.0 Å². The van der Waals surface area contributed by atoms with Crippen LogP contribution in [0.5, 0.6) is 23.0 Å². The van der Waals surface area contributed by atoms with Crippen LogP contribution >= 0.6 is 0 Å². The van der Waals surface area contributed by atoms with Gasteiger partial charge in [0, 0.05) is 18.4 Å². The fourth-order valence-electron chi connectivity index (χ4n) is 8.66. The number of carbonyl (C=O) groups is 3. The zero-order valence-electron chi connectivity index (χ0n) is 41.7. The highest BCUT2D eigenvalue weighted by molar-refractivity contribution is 5.92. The molecule has 3 aromatic rings. The van der Waals surface area contributed by atoms with Gasteiger partial charge >= 0.3 is 65.8 Å². The molecule has 1 fully saturated rings. The number of rotatable bonds is 31. The van der Waals surface area contributed by atoms with E-state index in [1.807, 2.05) is 12.2 Å². The zero-order valence-corrected chi connectivity index (χ0v) is 41.7. The lowest BCUT2D eigenvalue weighted by molar-refractivity contribution is -0.396. The Hall–Kier alpha value is -5.85. The Balaban J connectivity index is 1.05. The van der Waals surface area contributed by atoms with E-state index >= 15 is 0 Å². The maximum Gasteiger partial charge on any atom is 0.460 e. The van der Waals surface area contributed by atoms with Gasteiger partial charge in [-0.15, -0.1) is 0 Å². The van der Waals surface area contributed by atoms with Gasteiger partial charge in [-0.25, -0.2) is 9.59 Å². The summed E-state index contributed by atoms with van der Waals surface area (Å²) in [6.07, 6.45) is -10.8. The molecule has 0 saturated heterocycles. The molecule has 3 aromatic carbocycles. The van der Waals surface area contributed by atoms with Gasteiger partial charge in [0.25, 0.3) is 0 Å². The zero-order chi connectivity index (χ0) is 58.7. The molecule has 79 heavy (non-hydrogen) atoms. The summed E-state index contributed by atoms with van der Waals surface area (Å²) in [6, 6.07) is 15.4. The molecule has 5 rings (SSSR count). The molecule has 0 spiro atoms. The molecule has 0 aliphatic heterocycles. The highest BCUT2D eigenvalue weighted by atomic mass is 19.4. The van der Waals surface area contributed by atoms with E-state index in [9.17, 15) is 93.4 Å². The first-order valence-corrected chi connectivity index (χ1v) is 25.0. The minimum Gasteiger partial charge on any atom is -0.494 e. The van der Waals surface area contributed by atoms with Crippen LogP contribution in [0.25, 0.3) is 0 Å². The lowest BCUT2D eigenvalue weighted by Crippen LogP contribution is -2.60. The van der Waals surface area contributed by atoms with E-state index in [2.05, 4.69) is 0 Å². The third-order valence-corrected chi connectivity index (χ3v) is 13.3. The predicted molar refractivity (Wildman–Crippen MR) is 245 cm³/mol. The summed E-state index contributed by atoms with van der Waals surface area (Å²) in [5.41, 5.74) is 0.317. The Kier molecular flexibility index (Phi) is 21.2. The fourth-order valence-corrected chi connectivity index (χ4v) is 8.66. The van der Waals surface area contributed by atoms with Crippen molar-refractivity contribution in [3.8, 4) is 23.0 Å². The van der Waals surface area contributed by atoms with Crippen LogP contribution in [0.4, 0.5) is 79.0 Å². The predicted octanol–water partition coefficient (Wildman–Crippen LogP) is 16.5. The van der Waals surface area contributed by atoms with E-state index in [-0.39, 0.29) is 91.4 Å². The lowest BCUT2D eigenvalue weighted by Gasteiger charge is -2.33. The summed E-state index contributed by atoms with van der Waals surface area (Å²) in [5, 5.41) is 0. The van der Waals surface area contributed by atoms with Crippen LogP contribution < -0.4 is 18.9 Å². The minimum absolute atomic E-state index is 0.0137. The summed E-state index contributed by atoms with van der Waals surface area (Å²) >= 11 is 0. The third-order valence-electron chi connectivity index (χ3n) is 13.3. The summed E-state index contributed by atoms with van der Waals surface area (Å²) < 4.78 is 263. The molecular weight excluding hydrogens is 1110 g/mol. The Bertz CT molecular complexity index is 2510. The molecule has 0 aromatic heterocycles. The van der Waals surface area contributed by atoms with Crippen molar-refractivity contribution in [3.63, 3.8) is 0 Å². The number of allylic oxidation sites excluding steroid dienone is 2. The van der Waals surface area contributed by atoms with Crippen LogP contribution in [0.1, 0.15) is 129 Å². The molecule has 440 valence electrons. The van der Waals surface area contributed by atoms with Crippen molar-refractivity contribution < 1.29 is 117 Å². The maximum absolute atomic E-state index is 13.7. The number of carbonyl (C=O) groups excluding carboxylic acids is 3. The van der Waals surface area contributed by atoms with Gasteiger partial charge in [0.2, 0.25) is 0 Å². The largest absolute Gasteiger partial charge is 0.494 e. The van der Waals surface area contributed by atoms with Crippen LogP contribution in [-0.2, 0) is 16.1 Å². The lowest BCUT2D eigenvalue weighted by atomic mass is 9.94. The normalized spacial score (nSPS) is 17.2. The molecule has 3 unspecified atom stereocenters. The Morgan fingerprint density at radius 3 is 1.25 bits per heavy atom. The summed E-state index contributed by atoms with van der Waals surface area (Å²) in [7, 11) is 0. The number of hydrogen-bond donors (Lipinski definition) is 0. The van der Waals surface area contributed by atoms with Crippen LogP contribution in [0.3, 0.4) is 0 Å². The highest BCUT2D eigenvalue weighted by Gasteiger charge is 2.82. The van der Waals surface area contributed by atoms with Gasteiger partial charge in [0.05, 0.1) is 30.3 Å². The summed E-state index contributed by atoms with van der Waals surface area (Å²) in [5.74, 6) is -39.9. The third kappa shape index (κ3) is 16.0. The molecule has 0 radical (unpaired) electrons. The molecule has 0 amide bonds. The number of esters is 3. The molecule has 2 aliphatic rings. The smallest absolute Gasteiger partial charge is 0.460 e. The highest BCUT2D eigenvalue weighted by Crippen LogP contribution is 2.56. The minimum atomic E-state index is -6.92. The van der Waals surface area contributed by atoms with Gasteiger partial charge in [0.1, 0.15) is 29.6 Å². The van der Waals surface area contributed by atoms with Crippen molar-refractivity contribution in [2.45, 2.75) is 157 Å². The van der Waals surface area contributed by atoms with Gasteiger partial charge in [-0.05, 0) is 117 Å². The van der Waals surface area contributed by atoms with Crippen molar-refractivity contribution in [2.75, 3.05) is 13.2 Å². The standard InChI is InChI=1S/C53H54F18O8/c54-46(55,48(58,59)50(62,63)52(66,67)68)25-9-5-1-3-7-11-27-75-38-19-15-34(16-20-38)43(72)78-40-23-24-42(37(31-40)32-77-45(74)41-30-33-13-14-36(41)29-33)79-44(73)35-17-21-39(22-18-35)76-28-12-8-4-2-6-10-26-47(56,57)49(60,61)51(64,65)53(69,70)71/h13-24,31,33,36,41H,1-12,25-30,32H2. The Morgan fingerprint density at radius 1 is 0.443 bits per heavy atom. The first-order valence-electron chi connectivity index (χ1n) is 25.0. The number of fused-ring (bicyclic) bond motifs is 2. The first kappa shape index (κ1) is 64.0. The molecular formula is C53H54F18O8. The quantitative estimate of drug-likeness (QED) is 0.0207. The van der Waals surface area contributed by atoms with Gasteiger partial charge in [0.15, 0.2) is 0 Å². The number of ether oxygens (including phenoxy) is 5. The second-order valence-electron chi connectivity index (χ2n) is 19.2. The molecule has 26 heteroatoms. The van der Waals surface area contributed by atoms with Crippen LogP contribution in [0, 0.1) is 17.8 Å². The summed E-state index contributed by atoms with van der Waals surface area (Å²) in [6.45, 7) is -0.0763. The molecule has 0 heterocycles. The van der Waals surface area contributed by atoms with Crippen LogP contribution in [0.2, 0.25) is 0 Å². The van der Waals surface area contributed by atoms with Crippen LogP contribution in [-0.4, -0.2) is 79.0 Å². The van der Waals surface area contributed by atoms with Crippen molar-refractivity contribution in [1.82, 2.24) is 0 Å².